The van der Waals surface area contributed by atoms with Crippen LogP contribution in [0.15, 0.2) is 46.3 Å². The first kappa shape index (κ1) is 12.9. The molecule has 0 bridgehead atoms. The third kappa shape index (κ3) is 2.60. The molecule has 0 saturated carbocycles. The summed E-state index contributed by atoms with van der Waals surface area (Å²) in [5.74, 6) is 0.136. The lowest BCUT2D eigenvalue weighted by Gasteiger charge is -2.24. The first-order valence-electron chi connectivity index (χ1n) is 6.35. The number of carbonyl (C=O) groups is 1. The van der Waals surface area contributed by atoms with Crippen LogP contribution in [-0.2, 0) is 0 Å². The number of benzene rings is 1. The van der Waals surface area contributed by atoms with Crippen LogP contribution in [0, 0.1) is 0 Å². The van der Waals surface area contributed by atoms with Crippen molar-refractivity contribution >= 4 is 33.2 Å². The van der Waals surface area contributed by atoms with E-state index in [4.69, 9.17) is 0 Å². The topological polar surface area (TPSA) is 20.3 Å². The Labute approximate surface area is 125 Å². The van der Waals surface area contributed by atoms with Crippen molar-refractivity contribution < 1.29 is 4.79 Å². The average Bonchev–Trinajstić information content (AvgIpc) is 3.08. The summed E-state index contributed by atoms with van der Waals surface area (Å²) in [5, 5.41) is 2.08. The van der Waals surface area contributed by atoms with Crippen molar-refractivity contribution in [2.75, 3.05) is 6.54 Å². The van der Waals surface area contributed by atoms with Crippen LogP contribution in [0.3, 0.4) is 0 Å². The largest absolute Gasteiger partial charge is 0.331 e. The quantitative estimate of drug-likeness (QED) is 0.791. The van der Waals surface area contributed by atoms with Crippen molar-refractivity contribution in [3.8, 4) is 0 Å². The molecule has 0 unspecified atom stereocenters. The first-order valence-corrected chi connectivity index (χ1v) is 8.03. The van der Waals surface area contributed by atoms with Gasteiger partial charge in [-0.05, 0) is 42.5 Å². The normalized spacial score (nSPS) is 18.8. The Morgan fingerprint density at radius 2 is 2.21 bits per heavy atom. The van der Waals surface area contributed by atoms with E-state index in [0.717, 1.165) is 29.4 Å². The Morgan fingerprint density at radius 3 is 2.95 bits per heavy atom. The molecule has 0 radical (unpaired) electrons. The molecule has 1 fully saturated rings. The van der Waals surface area contributed by atoms with Gasteiger partial charge in [-0.1, -0.05) is 28.1 Å². The molecule has 1 amide bonds. The summed E-state index contributed by atoms with van der Waals surface area (Å²) < 4.78 is 0.949. The highest BCUT2D eigenvalue weighted by Crippen LogP contribution is 2.35. The zero-order valence-corrected chi connectivity index (χ0v) is 12.8. The second-order valence-corrected chi connectivity index (χ2v) is 6.58. The van der Waals surface area contributed by atoms with Crippen molar-refractivity contribution in [2.45, 2.75) is 18.9 Å². The Morgan fingerprint density at radius 1 is 1.32 bits per heavy atom. The molecule has 0 spiro atoms. The van der Waals surface area contributed by atoms with Crippen LogP contribution in [0.1, 0.15) is 34.1 Å². The van der Waals surface area contributed by atoms with Gasteiger partial charge in [-0.25, -0.2) is 0 Å². The second-order valence-electron chi connectivity index (χ2n) is 4.68. The lowest BCUT2D eigenvalue weighted by Crippen LogP contribution is -2.30. The van der Waals surface area contributed by atoms with Crippen LogP contribution in [-0.4, -0.2) is 17.4 Å². The zero-order chi connectivity index (χ0) is 13.2. The zero-order valence-electron chi connectivity index (χ0n) is 10.4. The molecule has 4 heteroatoms. The molecule has 1 aromatic heterocycles. The summed E-state index contributed by atoms with van der Waals surface area (Å²) in [6, 6.07) is 12.1. The van der Waals surface area contributed by atoms with Gasteiger partial charge in [-0.15, -0.1) is 11.3 Å². The summed E-state index contributed by atoms with van der Waals surface area (Å²) in [4.78, 5) is 15.9. The minimum Gasteiger partial charge on any atom is -0.331 e. The number of nitrogens with zero attached hydrogens (tertiary/aromatic N) is 1. The molecule has 0 aliphatic carbocycles. The third-order valence-corrected chi connectivity index (χ3v) is 4.92. The number of amides is 1. The van der Waals surface area contributed by atoms with Gasteiger partial charge in [-0.2, -0.15) is 0 Å². The lowest BCUT2D eigenvalue weighted by molar-refractivity contribution is 0.0738. The first-order chi connectivity index (χ1) is 9.25. The van der Waals surface area contributed by atoms with E-state index in [2.05, 4.69) is 33.4 Å². The predicted octanol–water partition coefficient (Wildman–Crippen LogP) is 4.49. The van der Waals surface area contributed by atoms with E-state index in [1.54, 1.807) is 11.3 Å². The van der Waals surface area contributed by atoms with Gasteiger partial charge in [0, 0.05) is 21.5 Å². The van der Waals surface area contributed by atoms with Crippen molar-refractivity contribution in [1.29, 1.82) is 0 Å². The number of thiophene rings is 1. The molecular formula is C15H14BrNOS. The van der Waals surface area contributed by atoms with Gasteiger partial charge in [0.25, 0.3) is 5.91 Å². The molecule has 1 aromatic carbocycles. The molecule has 19 heavy (non-hydrogen) atoms. The van der Waals surface area contributed by atoms with Crippen molar-refractivity contribution in [1.82, 2.24) is 4.90 Å². The molecule has 1 aliphatic heterocycles. The highest BCUT2D eigenvalue weighted by molar-refractivity contribution is 9.10. The summed E-state index contributed by atoms with van der Waals surface area (Å²) >= 11 is 5.16. The molecule has 2 aromatic rings. The lowest BCUT2D eigenvalue weighted by atomic mass is 10.1. The van der Waals surface area contributed by atoms with Crippen LogP contribution < -0.4 is 0 Å². The Bertz CT molecular complexity index is 582. The molecule has 0 N–H and O–H groups in total. The van der Waals surface area contributed by atoms with E-state index in [1.807, 2.05) is 29.2 Å². The summed E-state index contributed by atoms with van der Waals surface area (Å²) in [7, 11) is 0. The fourth-order valence-electron chi connectivity index (χ4n) is 2.57. The average molecular weight is 336 g/mol. The molecule has 2 nitrogen and oxygen atoms in total. The number of likely N-dealkylation sites (tertiary alicyclic amines) is 1. The monoisotopic (exact) mass is 335 g/mol. The molecule has 1 aliphatic rings. The van der Waals surface area contributed by atoms with Crippen LogP contribution >= 0.6 is 27.3 Å². The van der Waals surface area contributed by atoms with E-state index in [0.29, 0.717) is 0 Å². The SMILES string of the molecule is O=C(c1cccc(Br)c1)N1CCC[C@H]1c1cccs1. The molecule has 98 valence electrons. The van der Waals surface area contributed by atoms with E-state index >= 15 is 0 Å². The Balaban J connectivity index is 1.87. The van der Waals surface area contributed by atoms with Crippen molar-refractivity contribution in [3.63, 3.8) is 0 Å². The van der Waals surface area contributed by atoms with Crippen LogP contribution in [0.5, 0.6) is 0 Å². The van der Waals surface area contributed by atoms with E-state index in [-0.39, 0.29) is 11.9 Å². The second kappa shape index (κ2) is 5.47. The smallest absolute Gasteiger partial charge is 0.254 e. The van der Waals surface area contributed by atoms with Crippen LogP contribution in [0.4, 0.5) is 0 Å². The maximum absolute atomic E-state index is 12.6. The van der Waals surface area contributed by atoms with E-state index < -0.39 is 0 Å². The van der Waals surface area contributed by atoms with Gasteiger partial charge in [0.2, 0.25) is 0 Å². The van der Waals surface area contributed by atoms with Crippen LogP contribution in [0.2, 0.25) is 0 Å². The molecule has 1 atom stereocenters. The van der Waals surface area contributed by atoms with Gasteiger partial charge >= 0.3 is 0 Å². The highest BCUT2D eigenvalue weighted by Gasteiger charge is 2.31. The maximum Gasteiger partial charge on any atom is 0.254 e. The van der Waals surface area contributed by atoms with Gasteiger partial charge < -0.3 is 4.90 Å². The maximum atomic E-state index is 12.6. The number of rotatable bonds is 2. The van der Waals surface area contributed by atoms with Crippen LogP contribution in [0.25, 0.3) is 0 Å². The number of carbonyl (C=O) groups excluding carboxylic acids is 1. The van der Waals surface area contributed by atoms with Crippen molar-refractivity contribution in [3.05, 3.63) is 56.7 Å². The summed E-state index contributed by atoms with van der Waals surface area (Å²) in [6.45, 7) is 0.855. The minimum atomic E-state index is 0.136. The summed E-state index contributed by atoms with van der Waals surface area (Å²) in [6.07, 6.45) is 2.16. The predicted molar refractivity (Wildman–Crippen MR) is 81.5 cm³/mol. The van der Waals surface area contributed by atoms with Gasteiger partial charge in [-0.3, -0.25) is 4.79 Å². The summed E-state index contributed by atoms with van der Waals surface area (Å²) in [5.41, 5.74) is 0.762. The molecule has 2 heterocycles. The highest BCUT2D eigenvalue weighted by atomic mass is 79.9. The van der Waals surface area contributed by atoms with Crippen molar-refractivity contribution in [2.24, 2.45) is 0 Å². The standard InChI is InChI=1S/C15H14BrNOS/c16-12-5-1-4-11(10-12)15(18)17-8-2-6-13(17)14-7-3-9-19-14/h1,3-5,7,9-10,13H,2,6,8H2/t13-/m0/s1. The minimum absolute atomic E-state index is 0.136. The fourth-order valence-corrected chi connectivity index (χ4v) is 3.85. The van der Waals surface area contributed by atoms with Gasteiger partial charge in [0.15, 0.2) is 0 Å². The molecule has 3 rings (SSSR count). The fraction of sp³-hybridized carbons (Fsp3) is 0.267. The van der Waals surface area contributed by atoms with E-state index in [1.165, 1.54) is 4.88 Å². The third-order valence-electron chi connectivity index (χ3n) is 3.46. The number of hydrogen-bond acceptors (Lipinski definition) is 2. The molecule has 1 saturated heterocycles. The number of halogens is 1. The molecular weight excluding hydrogens is 322 g/mol. The Hall–Kier alpha value is -1.13. The number of hydrogen-bond donors (Lipinski definition) is 0. The van der Waals surface area contributed by atoms with Gasteiger partial charge in [0.05, 0.1) is 6.04 Å². The van der Waals surface area contributed by atoms with E-state index in [9.17, 15) is 4.79 Å². The van der Waals surface area contributed by atoms with Gasteiger partial charge in [0.1, 0.15) is 0 Å². The Kier molecular flexibility index (Phi) is 3.71.